The van der Waals surface area contributed by atoms with Gasteiger partial charge in [-0.1, -0.05) is 19.1 Å². The SMILES string of the molecule is CCCOc1ccc(-c2ccc(C(N)=S)c(=O)n2C)cc1. The first-order chi connectivity index (χ1) is 10.0. The molecular formula is C16H18N2O2S. The Bertz CT molecular complexity index is 705. The standard InChI is InChI=1S/C16H18N2O2S/c1-3-10-20-12-6-4-11(5-7-12)14-9-8-13(15(17)21)16(19)18(14)2/h4-9H,3,10H2,1-2H3,(H2,17,21). The van der Waals surface area contributed by atoms with E-state index in [9.17, 15) is 4.79 Å². The summed E-state index contributed by atoms with van der Waals surface area (Å²) >= 11 is 4.87. The molecule has 2 N–H and O–H groups in total. The molecule has 0 amide bonds. The number of ether oxygens (including phenoxy) is 1. The topological polar surface area (TPSA) is 57.2 Å². The molecule has 0 fully saturated rings. The third-order valence-corrected chi connectivity index (χ3v) is 3.41. The Balaban J connectivity index is 2.36. The highest BCUT2D eigenvalue weighted by atomic mass is 32.1. The van der Waals surface area contributed by atoms with Crippen molar-refractivity contribution in [2.75, 3.05) is 6.61 Å². The zero-order chi connectivity index (χ0) is 15.4. The zero-order valence-electron chi connectivity index (χ0n) is 12.1. The lowest BCUT2D eigenvalue weighted by molar-refractivity contribution is 0.317. The first-order valence-corrected chi connectivity index (χ1v) is 7.18. The Morgan fingerprint density at radius 3 is 2.48 bits per heavy atom. The average Bonchev–Trinajstić information content (AvgIpc) is 2.48. The second-order valence-corrected chi connectivity index (χ2v) is 5.17. The number of hydrogen-bond acceptors (Lipinski definition) is 3. The van der Waals surface area contributed by atoms with Crippen molar-refractivity contribution in [2.45, 2.75) is 13.3 Å². The number of thiocarbonyl (C=S) groups is 1. The van der Waals surface area contributed by atoms with E-state index in [1.54, 1.807) is 17.7 Å². The fourth-order valence-electron chi connectivity index (χ4n) is 2.05. The summed E-state index contributed by atoms with van der Waals surface area (Å²) in [4.78, 5) is 12.3. The average molecular weight is 302 g/mol. The van der Waals surface area contributed by atoms with Crippen LogP contribution in [0.4, 0.5) is 0 Å². The largest absolute Gasteiger partial charge is 0.494 e. The normalized spacial score (nSPS) is 10.4. The Morgan fingerprint density at radius 2 is 1.90 bits per heavy atom. The van der Waals surface area contributed by atoms with Crippen molar-refractivity contribution in [3.63, 3.8) is 0 Å². The number of nitrogens with zero attached hydrogens (tertiary/aromatic N) is 1. The molecule has 21 heavy (non-hydrogen) atoms. The Hall–Kier alpha value is -2.14. The summed E-state index contributed by atoms with van der Waals surface area (Å²) in [5, 5.41) is 0. The van der Waals surface area contributed by atoms with Crippen LogP contribution in [0.25, 0.3) is 11.3 Å². The number of hydrogen-bond donors (Lipinski definition) is 1. The van der Waals surface area contributed by atoms with Crippen LogP contribution in [0.5, 0.6) is 5.75 Å². The summed E-state index contributed by atoms with van der Waals surface area (Å²) in [7, 11) is 1.71. The molecule has 0 spiro atoms. The second kappa shape index (κ2) is 6.54. The van der Waals surface area contributed by atoms with E-state index in [0.29, 0.717) is 12.2 Å². The van der Waals surface area contributed by atoms with Gasteiger partial charge in [-0.15, -0.1) is 0 Å². The summed E-state index contributed by atoms with van der Waals surface area (Å²) in [5.74, 6) is 0.824. The minimum atomic E-state index is -0.189. The van der Waals surface area contributed by atoms with Crippen LogP contribution in [0.1, 0.15) is 18.9 Å². The third kappa shape index (κ3) is 3.31. The van der Waals surface area contributed by atoms with Gasteiger partial charge in [0.1, 0.15) is 10.7 Å². The van der Waals surface area contributed by atoms with Crippen molar-refractivity contribution in [3.05, 3.63) is 52.3 Å². The van der Waals surface area contributed by atoms with E-state index in [1.165, 1.54) is 0 Å². The molecule has 0 aliphatic carbocycles. The van der Waals surface area contributed by atoms with E-state index in [1.807, 2.05) is 30.3 Å². The van der Waals surface area contributed by atoms with Crippen LogP contribution in [0.3, 0.4) is 0 Å². The molecule has 2 rings (SSSR count). The Morgan fingerprint density at radius 1 is 1.24 bits per heavy atom. The molecule has 0 aliphatic heterocycles. The first kappa shape index (κ1) is 15.3. The molecule has 5 heteroatoms. The second-order valence-electron chi connectivity index (χ2n) is 4.73. The minimum absolute atomic E-state index is 0.116. The first-order valence-electron chi connectivity index (χ1n) is 6.77. The molecular weight excluding hydrogens is 284 g/mol. The van der Waals surface area contributed by atoms with Crippen molar-refractivity contribution in [2.24, 2.45) is 12.8 Å². The van der Waals surface area contributed by atoms with Gasteiger partial charge in [-0.25, -0.2) is 0 Å². The monoisotopic (exact) mass is 302 g/mol. The summed E-state index contributed by atoms with van der Waals surface area (Å²) in [6.07, 6.45) is 0.969. The number of pyridine rings is 1. The maximum Gasteiger partial charge on any atom is 0.261 e. The predicted octanol–water partition coefficient (Wildman–Crippen LogP) is 2.48. The summed E-state index contributed by atoms with van der Waals surface area (Å²) < 4.78 is 7.10. The molecule has 1 aromatic carbocycles. The van der Waals surface area contributed by atoms with Crippen LogP contribution in [-0.2, 0) is 7.05 Å². The van der Waals surface area contributed by atoms with Crippen LogP contribution >= 0.6 is 12.2 Å². The van der Waals surface area contributed by atoms with Gasteiger partial charge < -0.3 is 15.0 Å². The molecule has 2 aromatic rings. The van der Waals surface area contributed by atoms with Gasteiger partial charge in [0.05, 0.1) is 17.9 Å². The summed E-state index contributed by atoms with van der Waals surface area (Å²) in [6, 6.07) is 11.2. The van der Waals surface area contributed by atoms with Crippen molar-refractivity contribution in [1.82, 2.24) is 4.57 Å². The third-order valence-electron chi connectivity index (χ3n) is 3.19. The van der Waals surface area contributed by atoms with Gasteiger partial charge in [0.25, 0.3) is 5.56 Å². The quantitative estimate of drug-likeness (QED) is 0.862. The molecule has 0 radical (unpaired) electrons. The molecule has 0 bridgehead atoms. The Kier molecular flexibility index (Phi) is 4.75. The number of aromatic nitrogens is 1. The van der Waals surface area contributed by atoms with E-state index in [0.717, 1.165) is 23.4 Å². The molecule has 0 atom stereocenters. The number of nitrogens with two attached hydrogens (primary N) is 1. The maximum atomic E-state index is 12.2. The van der Waals surface area contributed by atoms with Crippen LogP contribution < -0.4 is 16.0 Å². The van der Waals surface area contributed by atoms with E-state index < -0.39 is 0 Å². The van der Waals surface area contributed by atoms with Gasteiger partial charge in [0.15, 0.2) is 0 Å². The fraction of sp³-hybridized carbons (Fsp3) is 0.250. The minimum Gasteiger partial charge on any atom is -0.494 e. The molecule has 1 heterocycles. The van der Waals surface area contributed by atoms with Crippen molar-refractivity contribution in [3.8, 4) is 17.0 Å². The lowest BCUT2D eigenvalue weighted by atomic mass is 10.1. The Labute approximate surface area is 129 Å². The molecule has 0 saturated carbocycles. The summed E-state index contributed by atoms with van der Waals surface area (Å²) in [5.41, 5.74) is 7.46. The molecule has 4 nitrogen and oxygen atoms in total. The van der Waals surface area contributed by atoms with Crippen molar-refractivity contribution >= 4 is 17.2 Å². The van der Waals surface area contributed by atoms with Gasteiger partial charge in [0.2, 0.25) is 0 Å². The highest BCUT2D eigenvalue weighted by molar-refractivity contribution is 7.80. The fourth-order valence-corrected chi connectivity index (χ4v) is 2.21. The number of rotatable bonds is 5. The smallest absolute Gasteiger partial charge is 0.261 e. The van der Waals surface area contributed by atoms with E-state index in [4.69, 9.17) is 22.7 Å². The van der Waals surface area contributed by atoms with Crippen LogP contribution in [0.15, 0.2) is 41.2 Å². The van der Waals surface area contributed by atoms with Gasteiger partial charge in [0, 0.05) is 7.05 Å². The molecule has 0 saturated heterocycles. The van der Waals surface area contributed by atoms with Crippen molar-refractivity contribution < 1.29 is 4.74 Å². The van der Waals surface area contributed by atoms with E-state index in [2.05, 4.69) is 6.92 Å². The number of benzene rings is 1. The lowest BCUT2D eigenvalue weighted by Crippen LogP contribution is -2.28. The van der Waals surface area contributed by atoms with Crippen LogP contribution in [-0.4, -0.2) is 16.2 Å². The van der Waals surface area contributed by atoms with Crippen molar-refractivity contribution in [1.29, 1.82) is 0 Å². The lowest BCUT2D eigenvalue weighted by Gasteiger charge is -2.11. The van der Waals surface area contributed by atoms with E-state index >= 15 is 0 Å². The highest BCUT2D eigenvalue weighted by Gasteiger charge is 2.09. The van der Waals surface area contributed by atoms with Crippen LogP contribution in [0.2, 0.25) is 0 Å². The molecule has 1 aromatic heterocycles. The predicted molar refractivity (Wildman–Crippen MR) is 88.8 cm³/mol. The maximum absolute atomic E-state index is 12.2. The van der Waals surface area contributed by atoms with E-state index in [-0.39, 0.29) is 10.5 Å². The molecule has 0 unspecified atom stereocenters. The van der Waals surface area contributed by atoms with Gasteiger partial charge in [-0.3, -0.25) is 4.79 Å². The van der Waals surface area contributed by atoms with Gasteiger partial charge >= 0.3 is 0 Å². The van der Waals surface area contributed by atoms with Gasteiger partial charge in [-0.2, -0.15) is 0 Å². The van der Waals surface area contributed by atoms with Crippen LogP contribution in [0, 0.1) is 0 Å². The summed E-state index contributed by atoms with van der Waals surface area (Å²) in [6.45, 7) is 2.76. The molecule has 110 valence electrons. The molecule has 0 aliphatic rings. The highest BCUT2D eigenvalue weighted by Crippen LogP contribution is 2.21. The van der Waals surface area contributed by atoms with Gasteiger partial charge in [-0.05, 0) is 48.4 Å². The zero-order valence-corrected chi connectivity index (χ0v) is 12.9.